The van der Waals surface area contributed by atoms with Gasteiger partial charge in [-0.1, -0.05) is 12.1 Å². The normalized spacial score (nSPS) is 11.9. The standard InChI is InChI=1S/C13H13N3O2S2/c1-9-8-19-13-14-12(7-16(9)13)10-3-5-11(6-4-10)15-20(2,17)18/h3-8,15H,1-2H3. The summed E-state index contributed by atoms with van der Waals surface area (Å²) in [6.45, 7) is 2.04. The Hall–Kier alpha value is -1.86. The van der Waals surface area contributed by atoms with Crippen LogP contribution in [0.2, 0.25) is 0 Å². The van der Waals surface area contributed by atoms with Gasteiger partial charge in [0.1, 0.15) is 0 Å². The van der Waals surface area contributed by atoms with Gasteiger partial charge < -0.3 is 0 Å². The van der Waals surface area contributed by atoms with Crippen LogP contribution in [0.15, 0.2) is 35.8 Å². The summed E-state index contributed by atoms with van der Waals surface area (Å²) in [7, 11) is -3.24. The average molecular weight is 307 g/mol. The first-order valence-electron chi connectivity index (χ1n) is 5.94. The lowest BCUT2D eigenvalue weighted by atomic mass is 10.1. The van der Waals surface area contributed by atoms with E-state index in [1.165, 1.54) is 0 Å². The number of fused-ring (bicyclic) bond motifs is 1. The molecule has 20 heavy (non-hydrogen) atoms. The molecule has 0 unspecified atom stereocenters. The molecule has 0 fully saturated rings. The summed E-state index contributed by atoms with van der Waals surface area (Å²) in [5.74, 6) is 0. The largest absolute Gasteiger partial charge is 0.294 e. The van der Waals surface area contributed by atoms with Crippen molar-refractivity contribution in [1.29, 1.82) is 0 Å². The van der Waals surface area contributed by atoms with Gasteiger partial charge >= 0.3 is 0 Å². The summed E-state index contributed by atoms with van der Waals surface area (Å²) in [6.07, 6.45) is 3.12. The van der Waals surface area contributed by atoms with Crippen LogP contribution in [-0.2, 0) is 10.0 Å². The van der Waals surface area contributed by atoms with E-state index in [9.17, 15) is 8.42 Å². The Kier molecular flexibility index (Phi) is 3.02. The SMILES string of the molecule is Cc1csc2nc(-c3ccc(NS(C)(=O)=O)cc3)cn12. The number of sulfonamides is 1. The van der Waals surface area contributed by atoms with Gasteiger partial charge in [-0.15, -0.1) is 11.3 Å². The third-order valence-electron chi connectivity index (χ3n) is 2.87. The fourth-order valence-corrected chi connectivity index (χ4v) is 3.37. The van der Waals surface area contributed by atoms with Crippen LogP contribution in [0.3, 0.4) is 0 Å². The summed E-state index contributed by atoms with van der Waals surface area (Å²) in [5.41, 5.74) is 3.54. The summed E-state index contributed by atoms with van der Waals surface area (Å²) < 4.78 is 26.8. The highest BCUT2D eigenvalue weighted by Crippen LogP contribution is 2.24. The van der Waals surface area contributed by atoms with Crippen molar-refractivity contribution in [3.05, 3.63) is 41.5 Å². The number of benzene rings is 1. The molecule has 0 amide bonds. The highest BCUT2D eigenvalue weighted by atomic mass is 32.2. The molecule has 0 saturated heterocycles. The Morgan fingerprint density at radius 1 is 1.25 bits per heavy atom. The Labute approximate surface area is 121 Å². The fraction of sp³-hybridized carbons (Fsp3) is 0.154. The highest BCUT2D eigenvalue weighted by molar-refractivity contribution is 7.92. The van der Waals surface area contributed by atoms with Gasteiger partial charge in [-0.3, -0.25) is 9.12 Å². The molecule has 5 nitrogen and oxygen atoms in total. The predicted molar refractivity (Wildman–Crippen MR) is 81.7 cm³/mol. The minimum absolute atomic E-state index is 0.549. The second-order valence-corrected chi connectivity index (χ2v) is 7.19. The molecule has 104 valence electrons. The summed E-state index contributed by atoms with van der Waals surface area (Å²) in [6, 6.07) is 7.18. The van der Waals surface area contributed by atoms with E-state index in [0.717, 1.165) is 28.2 Å². The van der Waals surface area contributed by atoms with E-state index in [0.29, 0.717) is 5.69 Å². The van der Waals surface area contributed by atoms with E-state index in [1.807, 2.05) is 29.7 Å². The highest BCUT2D eigenvalue weighted by Gasteiger charge is 2.08. The van der Waals surface area contributed by atoms with Crippen LogP contribution in [0.1, 0.15) is 5.69 Å². The summed E-state index contributed by atoms with van der Waals surface area (Å²) >= 11 is 1.60. The Bertz CT molecular complexity index is 861. The molecule has 0 aliphatic rings. The van der Waals surface area contributed by atoms with Gasteiger partial charge in [0.15, 0.2) is 4.96 Å². The van der Waals surface area contributed by atoms with E-state index < -0.39 is 10.0 Å². The molecule has 0 atom stereocenters. The maximum atomic E-state index is 11.2. The molecule has 0 spiro atoms. The molecule has 1 N–H and O–H groups in total. The zero-order valence-corrected chi connectivity index (χ0v) is 12.6. The number of anilines is 1. The van der Waals surface area contributed by atoms with E-state index in [4.69, 9.17) is 0 Å². The van der Waals surface area contributed by atoms with Gasteiger partial charge in [0.2, 0.25) is 10.0 Å². The Balaban J connectivity index is 1.94. The van der Waals surface area contributed by atoms with Gasteiger partial charge in [-0.05, 0) is 19.1 Å². The number of imidazole rings is 1. The van der Waals surface area contributed by atoms with Crippen molar-refractivity contribution in [3.63, 3.8) is 0 Å². The topological polar surface area (TPSA) is 63.5 Å². The van der Waals surface area contributed by atoms with Crippen molar-refractivity contribution in [2.45, 2.75) is 6.92 Å². The molecule has 0 aliphatic heterocycles. The maximum absolute atomic E-state index is 11.2. The minimum atomic E-state index is -3.24. The zero-order chi connectivity index (χ0) is 14.3. The van der Waals surface area contributed by atoms with Gasteiger partial charge in [-0.25, -0.2) is 13.4 Å². The Morgan fingerprint density at radius 3 is 2.55 bits per heavy atom. The van der Waals surface area contributed by atoms with Crippen molar-refractivity contribution in [1.82, 2.24) is 9.38 Å². The van der Waals surface area contributed by atoms with Crippen LogP contribution >= 0.6 is 11.3 Å². The lowest BCUT2D eigenvalue weighted by Gasteiger charge is -2.04. The molecule has 2 heterocycles. The Morgan fingerprint density at radius 2 is 1.95 bits per heavy atom. The first-order chi connectivity index (χ1) is 9.42. The molecular weight excluding hydrogens is 294 g/mol. The molecule has 0 bridgehead atoms. The van der Waals surface area contributed by atoms with E-state index in [-0.39, 0.29) is 0 Å². The third kappa shape index (κ3) is 2.54. The predicted octanol–water partition coefficient (Wildman–Crippen LogP) is 2.74. The van der Waals surface area contributed by atoms with Crippen molar-refractivity contribution in [2.24, 2.45) is 0 Å². The number of thiazole rings is 1. The smallest absolute Gasteiger partial charge is 0.229 e. The van der Waals surface area contributed by atoms with Crippen molar-refractivity contribution in [3.8, 4) is 11.3 Å². The van der Waals surface area contributed by atoms with Gasteiger partial charge in [0, 0.05) is 28.5 Å². The summed E-state index contributed by atoms with van der Waals surface area (Å²) in [4.78, 5) is 5.51. The molecule has 0 saturated carbocycles. The van der Waals surface area contributed by atoms with Crippen molar-refractivity contribution < 1.29 is 8.42 Å². The van der Waals surface area contributed by atoms with Gasteiger partial charge in [0.25, 0.3) is 0 Å². The van der Waals surface area contributed by atoms with Crippen LogP contribution in [0, 0.1) is 6.92 Å². The third-order valence-corrected chi connectivity index (χ3v) is 4.44. The van der Waals surface area contributed by atoms with E-state index in [2.05, 4.69) is 15.1 Å². The van der Waals surface area contributed by atoms with Gasteiger partial charge in [0.05, 0.1) is 11.9 Å². The van der Waals surface area contributed by atoms with Crippen LogP contribution in [0.4, 0.5) is 5.69 Å². The number of rotatable bonds is 3. The molecule has 3 rings (SSSR count). The molecule has 1 aromatic carbocycles. The number of hydrogen-bond donors (Lipinski definition) is 1. The fourth-order valence-electron chi connectivity index (χ4n) is 1.96. The van der Waals surface area contributed by atoms with Crippen molar-refractivity contribution in [2.75, 3.05) is 11.0 Å². The molecule has 7 heteroatoms. The average Bonchev–Trinajstić information content (AvgIpc) is 2.91. The molecule has 0 radical (unpaired) electrons. The number of nitrogens with one attached hydrogen (secondary N) is 1. The minimum Gasteiger partial charge on any atom is -0.294 e. The maximum Gasteiger partial charge on any atom is 0.229 e. The first-order valence-corrected chi connectivity index (χ1v) is 8.71. The van der Waals surface area contributed by atoms with Crippen LogP contribution in [0.5, 0.6) is 0 Å². The van der Waals surface area contributed by atoms with E-state index >= 15 is 0 Å². The number of nitrogens with zero attached hydrogens (tertiary/aromatic N) is 2. The molecule has 3 aromatic rings. The lowest BCUT2D eigenvalue weighted by Crippen LogP contribution is -2.09. The van der Waals surface area contributed by atoms with E-state index in [1.54, 1.807) is 23.5 Å². The second kappa shape index (κ2) is 4.60. The molecule has 0 aliphatic carbocycles. The monoisotopic (exact) mass is 307 g/mol. The molecular formula is C13H13N3O2S2. The van der Waals surface area contributed by atoms with Crippen LogP contribution in [0.25, 0.3) is 16.2 Å². The second-order valence-electron chi connectivity index (χ2n) is 4.61. The van der Waals surface area contributed by atoms with Gasteiger partial charge in [-0.2, -0.15) is 0 Å². The number of hydrogen-bond acceptors (Lipinski definition) is 4. The number of aromatic nitrogens is 2. The van der Waals surface area contributed by atoms with Crippen LogP contribution < -0.4 is 4.72 Å². The summed E-state index contributed by atoms with van der Waals surface area (Å²) in [5, 5.41) is 2.06. The quantitative estimate of drug-likeness (QED) is 0.809. The first kappa shape index (κ1) is 13.1. The van der Waals surface area contributed by atoms with Crippen LogP contribution in [-0.4, -0.2) is 24.1 Å². The van der Waals surface area contributed by atoms with Crippen molar-refractivity contribution >= 4 is 32.0 Å². The number of aryl methyl sites for hydroxylation is 1. The lowest BCUT2D eigenvalue weighted by molar-refractivity contribution is 0.607. The molecule has 2 aromatic heterocycles. The zero-order valence-electron chi connectivity index (χ0n) is 11.0.